The molecule has 1 fully saturated rings. The molecule has 0 saturated heterocycles. The number of rotatable bonds is 7. The number of carbonyl (C=O) groups is 1. The molecule has 3 aromatic carbocycles. The number of carbonyl (C=O) groups excluding carboxylic acids is 1. The first-order valence-corrected chi connectivity index (χ1v) is 12.5. The Labute approximate surface area is 189 Å². The Balaban J connectivity index is 1.37. The third-order valence-corrected chi connectivity index (χ3v) is 7.36. The first kappa shape index (κ1) is 22.1. The van der Waals surface area contributed by atoms with Gasteiger partial charge in [0.15, 0.2) is 0 Å². The van der Waals surface area contributed by atoms with Crippen molar-refractivity contribution < 1.29 is 13.2 Å². The fourth-order valence-corrected chi connectivity index (χ4v) is 5.20. The normalized spacial score (nSPS) is 14.6. The van der Waals surface area contributed by atoms with Crippen LogP contribution < -0.4 is 10.0 Å². The second kappa shape index (κ2) is 10.0. The van der Waals surface area contributed by atoms with E-state index in [1.54, 1.807) is 36.4 Å². The van der Waals surface area contributed by atoms with Crippen LogP contribution in [0.25, 0.3) is 0 Å². The van der Waals surface area contributed by atoms with Crippen LogP contribution in [0.5, 0.6) is 0 Å². The van der Waals surface area contributed by atoms with Gasteiger partial charge in [-0.15, -0.1) is 0 Å². The summed E-state index contributed by atoms with van der Waals surface area (Å²) < 4.78 is 28.2. The van der Waals surface area contributed by atoms with E-state index in [4.69, 9.17) is 0 Å². The van der Waals surface area contributed by atoms with E-state index < -0.39 is 10.0 Å². The van der Waals surface area contributed by atoms with E-state index in [2.05, 4.69) is 10.0 Å². The monoisotopic (exact) mass is 448 g/mol. The van der Waals surface area contributed by atoms with Crippen LogP contribution in [0.1, 0.15) is 59.5 Å². The van der Waals surface area contributed by atoms with Crippen LogP contribution in [-0.4, -0.2) is 14.3 Å². The minimum atomic E-state index is -3.69. The minimum absolute atomic E-state index is 0.207. The summed E-state index contributed by atoms with van der Waals surface area (Å²) in [4.78, 5) is 12.6. The Morgan fingerprint density at radius 2 is 1.47 bits per heavy atom. The molecular formula is C26H28N2O3S. The van der Waals surface area contributed by atoms with Gasteiger partial charge in [0.05, 0.1) is 4.90 Å². The van der Waals surface area contributed by atoms with Gasteiger partial charge < -0.3 is 5.32 Å². The van der Waals surface area contributed by atoms with Gasteiger partial charge in [0, 0.05) is 17.8 Å². The molecule has 0 aromatic heterocycles. The van der Waals surface area contributed by atoms with Crippen molar-refractivity contribution in [3.05, 3.63) is 95.6 Å². The van der Waals surface area contributed by atoms with Crippen LogP contribution in [0.2, 0.25) is 0 Å². The zero-order valence-corrected chi connectivity index (χ0v) is 18.8. The molecule has 0 bridgehead atoms. The maximum absolute atomic E-state index is 12.8. The first-order chi connectivity index (χ1) is 15.5. The Bertz CT molecular complexity index is 1140. The highest BCUT2D eigenvalue weighted by Gasteiger charge is 2.18. The van der Waals surface area contributed by atoms with Crippen LogP contribution in [0.15, 0.2) is 83.8 Å². The first-order valence-electron chi connectivity index (χ1n) is 11.1. The quantitative estimate of drug-likeness (QED) is 0.504. The molecule has 1 aliphatic rings. The third kappa shape index (κ3) is 5.56. The molecule has 3 aromatic rings. The number of anilines is 1. The number of nitrogens with one attached hydrogen (secondary N) is 2. The van der Waals surface area contributed by atoms with Gasteiger partial charge in [0.25, 0.3) is 15.9 Å². The van der Waals surface area contributed by atoms with Crippen LogP contribution in [0.4, 0.5) is 5.69 Å². The lowest BCUT2D eigenvalue weighted by Crippen LogP contribution is -2.22. The van der Waals surface area contributed by atoms with Gasteiger partial charge in [-0.1, -0.05) is 61.7 Å². The van der Waals surface area contributed by atoms with Gasteiger partial charge in [-0.25, -0.2) is 8.42 Å². The van der Waals surface area contributed by atoms with E-state index in [-0.39, 0.29) is 10.8 Å². The van der Waals surface area contributed by atoms with Crippen LogP contribution >= 0.6 is 0 Å². The van der Waals surface area contributed by atoms with Crippen LogP contribution in [-0.2, 0) is 16.6 Å². The zero-order chi connectivity index (χ0) is 22.4. The summed E-state index contributed by atoms with van der Waals surface area (Å²) in [7, 11) is -3.69. The number of benzene rings is 3. The zero-order valence-electron chi connectivity index (χ0n) is 18.0. The van der Waals surface area contributed by atoms with Crippen molar-refractivity contribution in [1.29, 1.82) is 0 Å². The third-order valence-electron chi connectivity index (χ3n) is 5.96. The predicted molar refractivity (Wildman–Crippen MR) is 127 cm³/mol. The Hall–Kier alpha value is -3.12. The molecule has 0 radical (unpaired) electrons. The second-order valence-electron chi connectivity index (χ2n) is 8.26. The van der Waals surface area contributed by atoms with Gasteiger partial charge in [-0.05, 0) is 66.3 Å². The van der Waals surface area contributed by atoms with Crippen molar-refractivity contribution >= 4 is 21.6 Å². The fourth-order valence-electron chi connectivity index (χ4n) is 4.14. The van der Waals surface area contributed by atoms with Gasteiger partial charge >= 0.3 is 0 Å². The predicted octanol–water partition coefficient (Wildman–Crippen LogP) is 5.47. The highest BCUT2D eigenvalue weighted by molar-refractivity contribution is 7.92. The van der Waals surface area contributed by atoms with E-state index in [1.165, 1.54) is 37.7 Å². The van der Waals surface area contributed by atoms with Crippen molar-refractivity contribution in [3.8, 4) is 0 Å². The molecule has 0 heterocycles. The molecule has 2 N–H and O–H groups in total. The summed E-state index contributed by atoms with van der Waals surface area (Å²) in [5.41, 5.74) is 3.12. The fraction of sp³-hybridized carbons (Fsp3) is 0.269. The summed E-state index contributed by atoms with van der Waals surface area (Å²) >= 11 is 0. The maximum atomic E-state index is 12.8. The molecular weight excluding hydrogens is 420 g/mol. The molecule has 166 valence electrons. The number of amides is 1. The summed E-state index contributed by atoms with van der Waals surface area (Å²) in [5, 5.41) is 2.86. The summed E-state index contributed by atoms with van der Waals surface area (Å²) in [6.45, 7) is 0.435. The molecule has 1 aliphatic carbocycles. The average molecular weight is 449 g/mol. The summed E-state index contributed by atoms with van der Waals surface area (Å²) in [6, 6.07) is 23.3. The molecule has 0 unspecified atom stereocenters. The second-order valence-corrected chi connectivity index (χ2v) is 9.94. The standard InChI is InChI=1S/C26H28N2O3S/c29-26(27-19-20-7-3-1-4-8-20)23-11-15-24(16-12-23)28-32(30,31)25-17-13-22(14-18-25)21-9-5-2-6-10-21/h1,3-4,7-8,11-18,21,28H,2,5-6,9-10,19H2,(H,27,29). The largest absolute Gasteiger partial charge is 0.348 e. The molecule has 0 spiro atoms. The van der Waals surface area contributed by atoms with E-state index >= 15 is 0 Å². The van der Waals surface area contributed by atoms with Crippen molar-refractivity contribution in [2.24, 2.45) is 0 Å². The maximum Gasteiger partial charge on any atom is 0.261 e. The summed E-state index contributed by atoms with van der Waals surface area (Å²) in [6.07, 6.45) is 6.13. The van der Waals surface area contributed by atoms with Gasteiger partial charge in [0.1, 0.15) is 0 Å². The Kier molecular flexibility index (Phi) is 6.90. The van der Waals surface area contributed by atoms with Crippen molar-refractivity contribution in [2.45, 2.75) is 49.5 Å². The summed E-state index contributed by atoms with van der Waals surface area (Å²) in [5.74, 6) is 0.329. The average Bonchev–Trinajstić information content (AvgIpc) is 2.84. The lowest BCUT2D eigenvalue weighted by atomic mass is 9.84. The minimum Gasteiger partial charge on any atom is -0.348 e. The number of hydrogen-bond donors (Lipinski definition) is 2. The SMILES string of the molecule is O=C(NCc1ccccc1)c1ccc(NS(=O)(=O)c2ccc(C3CCCCC3)cc2)cc1. The lowest BCUT2D eigenvalue weighted by Gasteiger charge is -2.22. The Morgan fingerprint density at radius 1 is 0.812 bits per heavy atom. The molecule has 6 heteroatoms. The smallest absolute Gasteiger partial charge is 0.261 e. The number of hydrogen-bond acceptors (Lipinski definition) is 3. The number of sulfonamides is 1. The van der Waals surface area contributed by atoms with Crippen molar-refractivity contribution in [1.82, 2.24) is 5.32 Å². The van der Waals surface area contributed by atoms with Gasteiger partial charge in [0.2, 0.25) is 0 Å². The van der Waals surface area contributed by atoms with E-state index in [9.17, 15) is 13.2 Å². The van der Waals surface area contributed by atoms with Gasteiger partial charge in [-0.3, -0.25) is 9.52 Å². The van der Waals surface area contributed by atoms with E-state index in [1.807, 2.05) is 42.5 Å². The molecule has 4 rings (SSSR count). The molecule has 0 aliphatic heterocycles. The molecule has 5 nitrogen and oxygen atoms in total. The van der Waals surface area contributed by atoms with Crippen molar-refractivity contribution in [3.63, 3.8) is 0 Å². The van der Waals surface area contributed by atoms with E-state index in [0.717, 1.165) is 5.56 Å². The Morgan fingerprint density at radius 3 is 2.12 bits per heavy atom. The highest BCUT2D eigenvalue weighted by Crippen LogP contribution is 2.33. The topological polar surface area (TPSA) is 75.3 Å². The van der Waals surface area contributed by atoms with Gasteiger partial charge in [-0.2, -0.15) is 0 Å². The molecule has 32 heavy (non-hydrogen) atoms. The van der Waals surface area contributed by atoms with Crippen LogP contribution in [0.3, 0.4) is 0 Å². The highest BCUT2D eigenvalue weighted by atomic mass is 32.2. The van der Waals surface area contributed by atoms with Crippen LogP contribution in [0, 0.1) is 0 Å². The lowest BCUT2D eigenvalue weighted by molar-refractivity contribution is 0.0951. The molecule has 1 saturated carbocycles. The van der Waals surface area contributed by atoms with E-state index in [0.29, 0.717) is 23.7 Å². The molecule has 0 atom stereocenters. The molecule has 1 amide bonds. The van der Waals surface area contributed by atoms with Crippen molar-refractivity contribution in [2.75, 3.05) is 4.72 Å².